The topological polar surface area (TPSA) is 86.4 Å². The Balaban J connectivity index is 1.77. The monoisotopic (exact) mass is 350 g/mol. The summed E-state index contributed by atoms with van der Waals surface area (Å²) in [6.07, 6.45) is 3.90. The number of nitrogens with one attached hydrogen (secondary N) is 1. The van der Waals surface area contributed by atoms with Crippen LogP contribution in [-0.4, -0.2) is 59.7 Å². The van der Waals surface area contributed by atoms with Gasteiger partial charge in [-0.3, -0.25) is 4.79 Å². The molecule has 2 aromatic heterocycles. The van der Waals surface area contributed by atoms with E-state index in [4.69, 9.17) is 0 Å². The lowest BCUT2D eigenvalue weighted by atomic mass is 10.1. The molecule has 0 aromatic carbocycles. The molecule has 1 atom stereocenters. The van der Waals surface area contributed by atoms with Gasteiger partial charge in [-0.25, -0.2) is 13.4 Å². The zero-order valence-corrected chi connectivity index (χ0v) is 14.7. The molecular weight excluding hydrogens is 328 g/mol. The average Bonchev–Trinajstić information content (AvgIpc) is 3.05. The Bertz CT molecular complexity index is 838. The van der Waals surface area contributed by atoms with E-state index in [0.717, 1.165) is 6.42 Å². The van der Waals surface area contributed by atoms with Crippen molar-refractivity contribution in [1.82, 2.24) is 19.2 Å². The number of pyridine rings is 1. The second kappa shape index (κ2) is 6.52. The summed E-state index contributed by atoms with van der Waals surface area (Å²) in [5.74, 6) is 0.0821. The van der Waals surface area contributed by atoms with Gasteiger partial charge in [0.15, 0.2) is 0 Å². The Morgan fingerprint density at radius 3 is 2.71 bits per heavy atom. The standard InChI is InChI=1S/C16H22N4O3S/c1-3-12(2)16(21)19-7-9-20(10-8-19)24(22,23)14-11-18-15-13(14)5-4-6-17-15/h4-6,11-12H,3,7-10H2,1-2H3,(H,17,18). The minimum absolute atomic E-state index is 0.0205. The molecule has 1 N–H and O–H groups in total. The van der Waals surface area contributed by atoms with Crippen molar-refractivity contribution in [2.24, 2.45) is 5.92 Å². The molecule has 1 saturated heterocycles. The van der Waals surface area contributed by atoms with Crippen LogP contribution < -0.4 is 0 Å². The van der Waals surface area contributed by atoms with Gasteiger partial charge in [-0.05, 0) is 18.6 Å². The van der Waals surface area contributed by atoms with Crippen molar-refractivity contribution < 1.29 is 13.2 Å². The highest BCUT2D eigenvalue weighted by atomic mass is 32.2. The number of fused-ring (bicyclic) bond motifs is 1. The van der Waals surface area contributed by atoms with E-state index in [-0.39, 0.29) is 16.7 Å². The maximum Gasteiger partial charge on any atom is 0.245 e. The van der Waals surface area contributed by atoms with Gasteiger partial charge in [-0.2, -0.15) is 4.31 Å². The van der Waals surface area contributed by atoms with Crippen LogP contribution in [0, 0.1) is 5.92 Å². The molecule has 0 radical (unpaired) electrons. The molecule has 2 aromatic rings. The Morgan fingerprint density at radius 1 is 1.33 bits per heavy atom. The molecule has 24 heavy (non-hydrogen) atoms. The van der Waals surface area contributed by atoms with Gasteiger partial charge in [-0.15, -0.1) is 0 Å². The first kappa shape index (κ1) is 16.9. The summed E-state index contributed by atoms with van der Waals surface area (Å²) in [7, 11) is -3.60. The van der Waals surface area contributed by atoms with E-state index in [2.05, 4.69) is 9.97 Å². The van der Waals surface area contributed by atoms with Crippen LogP contribution in [0.1, 0.15) is 20.3 Å². The quantitative estimate of drug-likeness (QED) is 0.904. The number of aromatic nitrogens is 2. The number of hydrogen-bond acceptors (Lipinski definition) is 4. The highest BCUT2D eigenvalue weighted by Crippen LogP contribution is 2.25. The number of aromatic amines is 1. The van der Waals surface area contributed by atoms with Gasteiger partial charge in [0, 0.05) is 49.9 Å². The normalized spacial score (nSPS) is 18.0. The highest BCUT2D eigenvalue weighted by Gasteiger charge is 2.32. The van der Waals surface area contributed by atoms with Crippen molar-refractivity contribution in [3.8, 4) is 0 Å². The van der Waals surface area contributed by atoms with E-state index >= 15 is 0 Å². The Kier molecular flexibility index (Phi) is 4.60. The summed E-state index contributed by atoms with van der Waals surface area (Å²) < 4.78 is 27.3. The SMILES string of the molecule is CCC(C)C(=O)N1CCN(S(=O)(=O)c2c[nH]c3ncccc23)CC1. The number of rotatable bonds is 4. The molecule has 1 aliphatic rings. The van der Waals surface area contributed by atoms with Crippen LogP contribution in [0.15, 0.2) is 29.4 Å². The van der Waals surface area contributed by atoms with E-state index in [0.29, 0.717) is 37.2 Å². The van der Waals surface area contributed by atoms with Crippen LogP contribution in [0.25, 0.3) is 11.0 Å². The summed E-state index contributed by atoms with van der Waals surface area (Å²) in [4.78, 5) is 21.3. The molecule has 0 saturated carbocycles. The second-order valence-electron chi connectivity index (χ2n) is 6.09. The van der Waals surface area contributed by atoms with Crippen LogP contribution in [-0.2, 0) is 14.8 Å². The van der Waals surface area contributed by atoms with Crippen molar-refractivity contribution in [2.45, 2.75) is 25.2 Å². The first-order chi connectivity index (χ1) is 11.4. The number of carbonyl (C=O) groups is 1. The Hall–Kier alpha value is -1.93. The predicted molar refractivity (Wildman–Crippen MR) is 90.9 cm³/mol. The smallest absolute Gasteiger partial charge is 0.245 e. The fourth-order valence-corrected chi connectivity index (χ4v) is 4.49. The van der Waals surface area contributed by atoms with Gasteiger partial charge in [0.1, 0.15) is 10.5 Å². The fraction of sp³-hybridized carbons (Fsp3) is 0.500. The molecule has 3 rings (SSSR count). The van der Waals surface area contributed by atoms with Crippen LogP contribution in [0.2, 0.25) is 0 Å². The third-order valence-corrected chi connectivity index (χ3v) is 6.55. The summed E-state index contributed by atoms with van der Waals surface area (Å²) in [6, 6.07) is 3.46. The second-order valence-corrected chi connectivity index (χ2v) is 8.00. The summed E-state index contributed by atoms with van der Waals surface area (Å²) in [5.41, 5.74) is 0.557. The maximum atomic E-state index is 12.9. The summed E-state index contributed by atoms with van der Waals surface area (Å²) >= 11 is 0. The molecule has 0 spiro atoms. The van der Waals surface area contributed by atoms with Crippen molar-refractivity contribution >= 4 is 27.0 Å². The number of amides is 1. The molecule has 3 heterocycles. The highest BCUT2D eigenvalue weighted by molar-refractivity contribution is 7.89. The van der Waals surface area contributed by atoms with Gasteiger partial charge in [0.05, 0.1) is 0 Å². The van der Waals surface area contributed by atoms with Crippen molar-refractivity contribution in [3.63, 3.8) is 0 Å². The third-order valence-electron chi connectivity index (χ3n) is 4.62. The molecule has 130 valence electrons. The van der Waals surface area contributed by atoms with Crippen LogP contribution in [0.3, 0.4) is 0 Å². The van der Waals surface area contributed by atoms with Gasteiger partial charge >= 0.3 is 0 Å². The van der Waals surface area contributed by atoms with E-state index in [9.17, 15) is 13.2 Å². The molecule has 0 bridgehead atoms. The lowest BCUT2D eigenvalue weighted by molar-refractivity contribution is -0.136. The van der Waals surface area contributed by atoms with Gasteiger partial charge in [0.2, 0.25) is 15.9 Å². The molecule has 1 amide bonds. The summed E-state index contributed by atoms with van der Waals surface area (Å²) in [5, 5.41) is 0.593. The summed E-state index contributed by atoms with van der Waals surface area (Å²) in [6.45, 7) is 5.39. The van der Waals surface area contributed by atoms with Crippen molar-refractivity contribution in [2.75, 3.05) is 26.2 Å². The lowest BCUT2D eigenvalue weighted by Crippen LogP contribution is -2.51. The Labute approximate surface area is 141 Å². The lowest BCUT2D eigenvalue weighted by Gasteiger charge is -2.35. The zero-order chi connectivity index (χ0) is 17.3. The average molecular weight is 350 g/mol. The number of nitrogens with zero attached hydrogens (tertiary/aromatic N) is 3. The largest absolute Gasteiger partial charge is 0.345 e. The maximum absolute atomic E-state index is 12.9. The van der Waals surface area contributed by atoms with Crippen molar-refractivity contribution in [1.29, 1.82) is 0 Å². The number of hydrogen-bond donors (Lipinski definition) is 1. The van der Waals surface area contributed by atoms with Gasteiger partial charge in [-0.1, -0.05) is 13.8 Å². The molecule has 0 aliphatic carbocycles. The van der Waals surface area contributed by atoms with Crippen molar-refractivity contribution in [3.05, 3.63) is 24.5 Å². The number of piperazine rings is 1. The van der Waals surface area contributed by atoms with Gasteiger partial charge in [0.25, 0.3) is 0 Å². The number of H-pyrrole nitrogens is 1. The third kappa shape index (κ3) is 2.91. The van der Waals surface area contributed by atoms with Gasteiger partial charge < -0.3 is 9.88 Å². The molecule has 1 fully saturated rings. The number of carbonyl (C=O) groups excluding carboxylic acids is 1. The van der Waals surface area contributed by atoms with Crippen LogP contribution in [0.5, 0.6) is 0 Å². The minimum Gasteiger partial charge on any atom is -0.345 e. The predicted octanol–water partition coefficient (Wildman–Crippen LogP) is 1.44. The fourth-order valence-electron chi connectivity index (χ4n) is 2.92. The Morgan fingerprint density at radius 2 is 2.04 bits per heavy atom. The first-order valence-corrected chi connectivity index (χ1v) is 9.60. The van der Waals surface area contributed by atoms with Crippen LogP contribution >= 0.6 is 0 Å². The number of sulfonamides is 1. The molecule has 7 nitrogen and oxygen atoms in total. The van der Waals surface area contributed by atoms with E-state index in [1.54, 1.807) is 23.2 Å². The minimum atomic E-state index is -3.60. The first-order valence-electron chi connectivity index (χ1n) is 8.16. The zero-order valence-electron chi connectivity index (χ0n) is 13.9. The molecule has 1 unspecified atom stereocenters. The van der Waals surface area contributed by atoms with E-state index in [1.165, 1.54) is 10.5 Å². The molecular formula is C16H22N4O3S. The van der Waals surface area contributed by atoms with E-state index in [1.807, 2.05) is 13.8 Å². The van der Waals surface area contributed by atoms with Crippen LogP contribution in [0.4, 0.5) is 0 Å². The van der Waals surface area contributed by atoms with E-state index < -0.39 is 10.0 Å². The molecule has 1 aliphatic heterocycles. The molecule has 8 heteroatoms.